The number of rotatable bonds is 5. The highest BCUT2D eigenvalue weighted by Gasteiger charge is 2.47. The summed E-state index contributed by atoms with van der Waals surface area (Å²) in [6, 6.07) is 2.91. The first-order chi connectivity index (χ1) is 16.1. The molecule has 3 heterocycles. The summed E-state index contributed by atoms with van der Waals surface area (Å²) in [5.74, 6) is -2.30. The minimum absolute atomic E-state index is 0.0658. The Morgan fingerprint density at radius 1 is 1.24 bits per heavy atom. The first-order valence-corrected chi connectivity index (χ1v) is 11.2. The number of amides is 1. The van der Waals surface area contributed by atoms with Gasteiger partial charge in [-0.2, -0.15) is 13.2 Å². The van der Waals surface area contributed by atoms with E-state index < -0.39 is 18.0 Å². The van der Waals surface area contributed by atoms with Crippen LogP contribution >= 0.6 is 0 Å². The summed E-state index contributed by atoms with van der Waals surface area (Å²) in [4.78, 5) is 27.5. The van der Waals surface area contributed by atoms with E-state index in [-0.39, 0.29) is 17.4 Å². The van der Waals surface area contributed by atoms with Gasteiger partial charge in [0.25, 0.3) is 0 Å². The van der Waals surface area contributed by atoms with E-state index in [1.54, 1.807) is 6.07 Å². The molecule has 0 radical (unpaired) electrons. The van der Waals surface area contributed by atoms with Gasteiger partial charge in [-0.1, -0.05) is 12.2 Å². The van der Waals surface area contributed by atoms with Crippen molar-refractivity contribution in [2.45, 2.75) is 50.3 Å². The highest BCUT2D eigenvalue weighted by Crippen LogP contribution is 2.42. The van der Waals surface area contributed by atoms with Crippen LogP contribution in [0.1, 0.15) is 38.5 Å². The number of hydrogen-bond donors (Lipinski definition) is 1. The van der Waals surface area contributed by atoms with Crippen LogP contribution in [0, 0.1) is 17.7 Å². The Kier molecular flexibility index (Phi) is 8.51. The smallest absolute Gasteiger partial charge is 0.476 e. The second-order valence-corrected chi connectivity index (χ2v) is 8.59. The fourth-order valence-electron chi connectivity index (χ4n) is 4.70. The second kappa shape index (κ2) is 11.2. The molecular weight excluding hydrogens is 460 g/mol. The Labute approximate surface area is 194 Å². The lowest BCUT2D eigenvalue weighted by molar-refractivity contribution is -0.192. The minimum atomic E-state index is -5.08. The Morgan fingerprint density at radius 2 is 1.88 bits per heavy atom. The number of likely N-dealkylation sites (tertiary alicyclic amines) is 1. The van der Waals surface area contributed by atoms with Crippen LogP contribution in [0.25, 0.3) is 0 Å². The standard InChI is InChI=1S/C21H27FN2O3.C2HF3O2/c22-18-6-3-11-23-19(18)26-14-7-17-8-15-27-21(17)9-12-24(13-10-21)20(25)16-4-1-2-5-16;3-2(4,5)1(6)7/h1-3,6,11,16-17H,4-5,7-10,12-15H2;(H,6,7). The summed E-state index contributed by atoms with van der Waals surface area (Å²) in [5, 5.41) is 7.12. The number of carbonyl (C=O) groups excluding carboxylic acids is 1. The van der Waals surface area contributed by atoms with E-state index in [4.69, 9.17) is 19.4 Å². The number of aliphatic carboxylic acids is 1. The highest BCUT2D eigenvalue weighted by molar-refractivity contribution is 5.79. The average molecular weight is 488 g/mol. The molecule has 3 aliphatic rings. The molecule has 11 heteroatoms. The van der Waals surface area contributed by atoms with E-state index in [0.717, 1.165) is 58.2 Å². The van der Waals surface area contributed by atoms with Crippen LogP contribution in [0.15, 0.2) is 30.5 Å². The zero-order valence-corrected chi connectivity index (χ0v) is 18.6. The predicted octanol–water partition coefficient (Wildman–Crippen LogP) is 3.99. The van der Waals surface area contributed by atoms with Crippen LogP contribution < -0.4 is 4.74 Å². The number of carboxylic acid groups (broad SMARTS) is 1. The largest absolute Gasteiger partial charge is 0.490 e. The molecule has 0 saturated carbocycles. The van der Waals surface area contributed by atoms with Crippen LogP contribution in [0.5, 0.6) is 5.88 Å². The molecule has 1 aromatic rings. The summed E-state index contributed by atoms with van der Waals surface area (Å²) in [7, 11) is 0. The lowest BCUT2D eigenvalue weighted by atomic mass is 9.78. The average Bonchev–Trinajstić information content (AvgIpc) is 3.46. The molecule has 0 aromatic carbocycles. The van der Waals surface area contributed by atoms with Gasteiger partial charge < -0.3 is 19.5 Å². The number of carboxylic acids is 1. The molecule has 0 bridgehead atoms. The molecule has 188 valence electrons. The second-order valence-electron chi connectivity index (χ2n) is 8.59. The van der Waals surface area contributed by atoms with Crippen molar-refractivity contribution in [3.8, 4) is 5.88 Å². The van der Waals surface area contributed by atoms with Gasteiger partial charge in [0.1, 0.15) is 0 Å². The molecule has 1 unspecified atom stereocenters. The summed E-state index contributed by atoms with van der Waals surface area (Å²) >= 11 is 0. The maximum atomic E-state index is 13.6. The summed E-state index contributed by atoms with van der Waals surface area (Å²) in [6.45, 7) is 2.71. The van der Waals surface area contributed by atoms with Crippen LogP contribution in [-0.2, 0) is 14.3 Å². The first kappa shape index (κ1) is 25.9. The molecule has 2 aliphatic heterocycles. The number of alkyl halides is 3. The van der Waals surface area contributed by atoms with Crippen molar-refractivity contribution in [3.63, 3.8) is 0 Å². The first-order valence-electron chi connectivity index (χ1n) is 11.2. The maximum Gasteiger partial charge on any atom is 0.490 e. The van der Waals surface area contributed by atoms with E-state index in [1.165, 1.54) is 12.3 Å². The fourth-order valence-corrected chi connectivity index (χ4v) is 4.70. The van der Waals surface area contributed by atoms with E-state index in [2.05, 4.69) is 17.1 Å². The molecule has 1 spiro atoms. The van der Waals surface area contributed by atoms with Gasteiger partial charge in [0, 0.05) is 31.8 Å². The van der Waals surface area contributed by atoms with E-state index in [1.807, 2.05) is 4.90 Å². The van der Waals surface area contributed by atoms with E-state index in [9.17, 15) is 22.4 Å². The Morgan fingerprint density at radius 3 is 2.47 bits per heavy atom. The summed E-state index contributed by atoms with van der Waals surface area (Å²) < 4.78 is 57.1. The van der Waals surface area contributed by atoms with Gasteiger partial charge in [0.2, 0.25) is 11.8 Å². The number of allylic oxidation sites excluding steroid dienone is 2. The number of halogens is 4. The Hall–Kier alpha value is -2.69. The van der Waals surface area contributed by atoms with Crippen molar-refractivity contribution >= 4 is 11.9 Å². The third-order valence-electron chi connectivity index (χ3n) is 6.55. The number of hydrogen-bond acceptors (Lipinski definition) is 5. The molecular formula is C23H28F4N2O5. The molecule has 7 nitrogen and oxygen atoms in total. The van der Waals surface area contributed by atoms with Crippen molar-refractivity contribution < 1.29 is 41.7 Å². The molecule has 2 saturated heterocycles. The Balaban J connectivity index is 0.000000406. The van der Waals surface area contributed by atoms with Gasteiger partial charge in [-0.3, -0.25) is 4.79 Å². The Bertz CT molecular complexity index is 876. The van der Waals surface area contributed by atoms with Crippen molar-refractivity contribution in [2.24, 2.45) is 11.8 Å². The van der Waals surface area contributed by atoms with Crippen LogP contribution in [0.3, 0.4) is 0 Å². The SMILES string of the molecule is O=C(C1CC=CC1)N1CCC2(CC1)OCCC2CCOc1ncccc1F.O=C(O)C(F)(F)F. The third-order valence-corrected chi connectivity index (χ3v) is 6.55. The molecule has 1 aliphatic carbocycles. The van der Waals surface area contributed by atoms with Gasteiger partial charge in [-0.25, -0.2) is 14.2 Å². The molecule has 1 amide bonds. The van der Waals surface area contributed by atoms with Gasteiger partial charge in [0.15, 0.2) is 5.82 Å². The number of nitrogens with zero attached hydrogens (tertiary/aromatic N) is 2. The summed E-state index contributed by atoms with van der Waals surface area (Å²) in [6.07, 6.45) is 5.98. The van der Waals surface area contributed by atoms with Crippen molar-refractivity contribution in [1.82, 2.24) is 9.88 Å². The monoisotopic (exact) mass is 488 g/mol. The number of carbonyl (C=O) groups is 2. The maximum absolute atomic E-state index is 13.6. The molecule has 2 fully saturated rings. The number of pyridine rings is 1. The van der Waals surface area contributed by atoms with Crippen molar-refractivity contribution in [2.75, 3.05) is 26.3 Å². The molecule has 34 heavy (non-hydrogen) atoms. The van der Waals surface area contributed by atoms with Gasteiger partial charge >= 0.3 is 12.1 Å². The number of piperidine rings is 1. The normalized spacial score (nSPS) is 21.9. The van der Waals surface area contributed by atoms with Crippen LogP contribution in [-0.4, -0.2) is 64.9 Å². The number of ether oxygens (including phenoxy) is 2. The van der Waals surface area contributed by atoms with Crippen LogP contribution in [0.2, 0.25) is 0 Å². The lowest BCUT2D eigenvalue weighted by Gasteiger charge is -2.42. The van der Waals surface area contributed by atoms with E-state index >= 15 is 0 Å². The summed E-state index contributed by atoms with van der Waals surface area (Å²) in [5.41, 5.74) is -0.156. The van der Waals surface area contributed by atoms with Crippen molar-refractivity contribution in [1.29, 1.82) is 0 Å². The molecule has 4 rings (SSSR count). The minimum Gasteiger partial charge on any atom is -0.476 e. The third kappa shape index (κ3) is 6.46. The zero-order valence-electron chi connectivity index (χ0n) is 18.6. The predicted molar refractivity (Wildman–Crippen MR) is 112 cm³/mol. The van der Waals surface area contributed by atoms with Gasteiger partial charge in [0.05, 0.1) is 12.2 Å². The quantitative estimate of drug-likeness (QED) is 0.498. The molecule has 1 aromatic heterocycles. The van der Waals surface area contributed by atoms with Gasteiger partial charge in [-0.05, 0) is 56.6 Å². The van der Waals surface area contributed by atoms with Gasteiger partial charge in [-0.15, -0.1) is 0 Å². The number of aromatic nitrogens is 1. The zero-order chi connectivity index (χ0) is 24.8. The highest BCUT2D eigenvalue weighted by atomic mass is 19.4. The fraction of sp³-hybridized carbons (Fsp3) is 0.609. The van der Waals surface area contributed by atoms with Crippen molar-refractivity contribution in [3.05, 3.63) is 36.3 Å². The topological polar surface area (TPSA) is 89.0 Å². The van der Waals surface area contributed by atoms with Crippen LogP contribution in [0.4, 0.5) is 17.6 Å². The molecule has 1 atom stereocenters. The van der Waals surface area contributed by atoms with E-state index in [0.29, 0.717) is 18.4 Å². The molecule has 1 N–H and O–H groups in total. The lowest BCUT2D eigenvalue weighted by Crippen LogP contribution is -2.50.